The van der Waals surface area contributed by atoms with Crippen LogP contribution in [0.1, 0.15) is 52.0 Å². The van der Waals surface area contributed by atoms with E-state index in [9.17, 15) is 4.79 Å². The number of hydrogen-bond donors (Lipinski definition) is 1. The van der Waals surface area contributed by atoms with Crippen molar-refractivity contribution in [2.45, 2.75) is 40.0 Å². The van der Waals surface area contributed by atoms with Gasteiger partial charge in [-0.3, -0.25) is 18.9 Å². The van der Waals surface area contributed by atoms with Crippen molar-refractivity contribution in [3.8, 4) is 16.3 Å². The molecule has 0 spiro atoms. The number of aromatic amines is 1. The Hall–Kier alpha value is -3.66. The Morgan fingerprint density at radius 1 is 1.16 bits per heavy atom. The maximum atomic E-state index is 13.3. The van der Waals surface area contributed by atoms with E-state index in [2.05, 4.69) is 44.4 Å². The van der Waals surface area contributed by atoms with Gasteiger partial charge in [0.15, 0.2) is 11.4 Å². The Morgan fingerprint density at radius 3 is 2.59 bits per heavy atom. The highest BCUT2D eigenvalue weighted by Crippen LogP contribution is 2.31. The Kier molecular flexibility index (Phi) is 4.93. The largest absolute Gasteiger partial charge is 0.296 e. The number of Topliss-reactive ketones (excluding diaryl/α,β-unsaturated/α-hetero) is 1. The molecule has 9 nitrogen and oxygen atoms in total. The fourth-order valence-electron chi connectivity index (χ4n) is 3.90. The Labute approximate surface area is 188 Å². The molecule has 5 aromatic heterocycles. The molecule has 0 aliphatic rings. The van der Waals surface area contributed by atoms with E-state index in [-0.39, 0.29) is 11.7 Å². The van der Waals surface area contributed by atoms with Crippen LogP contribution in [0.5, 0.6) is 0 Å². The number of fused-ring (bicyclic) bond motifs is 1. The second-order valence-corrected chi connectivity index (χ2v) is 9.18. The molecule has 0 fully saturated rings. The third-order valence-electron chi connectivity index (χ3n) is 5.52. The summed E-state index contributed by atoms with van der Waals surface area (Å²) in [6.45, 7) is 7.82. The highest BCUT2D eigenvalue weighted by Gasteiger charge is 2.21. The van der Waals surface area contributed by atoms with E-state index in [4.69, 9.17) is 4.98 Å². The number of ketones is 1. The Bertz CT molecular complexity index is 1410. The van der Waals surface area contributed by atoms with Gasteiger partial charge in [0.2, 0.25) is 0 Å². The van der Waals surface area contributed by atoms with Gasteiger partial charge in [0.1, 0.15) is 23.8 Å². The summed E-state index contributed by atoms with van der Waals surface area (Å²) in [5.41, 5.74) is 3.07. The quantitative estimate of drug-likeness (QED) is 0.394. The minimum absolute atomic E-state index is 0.0161. The van der Waals surface area contributed by atoms with Gasteiger partial charge in [-0.25, -0.2) is 9.97 Å². The van der Waals surface area contributed by atoms with Gasteiger partial charge >= 0.3 is 0 Å². The SMILES string of the molecule is Cc1ccc(-c2cnc3c(-n4c(C)nnc4C)cc(C(=O)C[C@@H](C)c4ncn[nH]4)cn23)s1. The van der Waals surface area contributed by atoms with Gasteiger partial charge in [0.05, 0.1) is 22.5 Å². The number of H-pyrrole nitrogens is 1. The fourth-order valence-corrected chi connectivity index (χ4v) is 4.78. The molecule has 0 bridgehead atoms. The van der Waals surface area contributed by atoms with Crippen LogP contribution in [0, 0.1) is 20.8 Å². The van der Waals surface area contributed by atoms with Gasteiger partial charge in [0, 0.05) is 29.0 Å². The Morgan fingerprint density at radius 2 is 1.94 bits per heavy atom. The molecule has 1 N–H and O–H groups in total. The van der Waals surface area contributed by atoms with E-state index in [1.54, 1.807) is 11.3 Å². The van der Waals surface area contributed by atoms with Crippen molar-refractivity contribution in [2.75, 3.05) is 0 Å². The number of nitrogens with one attached hydrogen (secondary N) is 1. The van der Waals surface area contributed by atoms with Crippen molar-refractivity contribution in [1.82, 2.24) is 39.3 Å². The number of pyridine rings is 1. The molecule has 0 saturated carbocycles. The predicted octanol–water partition coefficient (Wildman–Crippen LogP) is 4.06. The molecule has 10 heteroatoms. The molecule has 5 rings (SSSR count). The van der Waals surface area contributed by atoms with E-state index in [1.165, 1.54) is 11.2 Å². The molecule has 1 atom stereocenters. The average Bonchev–Trinajstić information content (AvgIpc) is 3.55. The first kappa shape index (κ1) is 20.3. The number of hydrogen-bond acceptors (Lipinski definition) is 7. The molecule has 0 unspecified atom stereocenters. The summed E-state index contributed by atoms with van der Waals surface area (Å²) >= 11 is 1.70. The van der Waals surface area contributed by atoms with E-state index in [0.29, 0.717) is 17.8 Å². The lowest BCUT2D eigenvalue weighted by Gasteiger charge is -2.13. The van der Waals surface area contributed by atoms with Crippen LogP contribution >= 0.6 is 11.3 Å². The third kappa shape index (κ3) is 3.42. The second kappa shape index (κ2) is 7.79. The number of carbonyl (C=O) groups is 1. The summed E-state index contributed by atoms with van der Waals surface area (Å²) in [5, 5.41) is 15.1. The molecular formula is C22H22N8OS. The molecule has 5 aromatic rings. The number of imidazole rings is 1. The molecule has 0 aliphatic heterocycles. The van der Waals surface area contributed by atoms with Crippen molar-refractivity contribution in [1.29, 1.82) is 0 Å². The van der Waals surface area contributed by atoms with Gasteiger partial charge in [-0.2, -0.15) is 5.10 Å². The summed E-state index contributed by atoms with van der Waals surface area (Å²) < 4.78 is 3.92. The number of thiophene rings is 1. The molecule has 162 valence electrons. The van der Waals surface area contributed by atoms with E-state index in [0.717, 1.165) is 33.6 Å². The molecule has 0 aromatic carbocycles. The van der Waals surface area contributed by atoms with Crippen molar-refractivity contribution in [3.63, 3.8) is 0 Å². The van der Waals surface area contributed by atoms with Gasteiger partial charge in [-0.05, 0) is 39.0 Å². The molecule has 0 aliphatic carbocycles. The Balaban J connectivity index is 1.66. The minimum atomic E-state index is -0.0789. The van der Waals surface area contributed by atoms with E-state index < -0.39 is 0 Å². The molecular weight excluding hydrogens is 424 g/mol. The lowest BCUT2D eigenvalue weighted by molar-refractivity contribution is 0.0974. The summed E-state index contributed by atoms with van der Waals surface area (Å²) in [6, 6.07) is 6.05. The van der Waals surface area contributed by atoms with Gasteiger partial charge in [-0.15, -0.1) is 21.5 Å². The summed E-state index contributed by atoms with van der Waals surface area (Å²) in [5.74, 6) is 2.11. The summed E-state index contributed by atoms with van der Waals surface area (Å²) in [4.78, 5) is 24.5. The number of aryl methyl sites for hydroxylation is 3. The normalized spacial score (nSPS) is 12.5. The predicted molar refractivity (Wildman–Crippen MR) is 121 cm³/mol. The van der Waals surface area contributed by atoms with Crippen molar-refractivity contribution in [2.24, 2.45) is 0 Å². The zero-order valence-electron chi connectivity index (χ0n) is 18.2. The number of rotatable bonds is 6. The zero-order chi connectivity index (χ0) is 22.4. The highest BCUT2D eigenvalue weighted by atomic mass is 32.1. The summed E-state index contributed by atoms with van der Waals surface area (Å²) in [7, 11) is 0. The number of nitrogens with zero attached hydrogens (tertiary/aromatic N) is 7. The van der Waals surface area contributed by atoms with Crippen LogP contribution in [0.15, 0.2) is 36.9 Å². The van der Waals surface area contributed by atoms with Crippen LogP contribution in [0.3, 0.4) is 0 Å². The van der Waals surface area contributed by atoms with Gasteiger partial charge in [-0.1, -0.05) is 6.92 Å². The monoisotopic (exact) mass is 446 g/mol. The molecule has 5 heterocycles. The highest BCUT2D eigenvalue weighted by molar-refractivity contribution is 7.15. The van der Waals surface area contributed by atoms with Gasteiger partial charge in [0.25, 0.3) is 0 Å². The fraction of sp³-hybridized carbons (Fsp3) is 0.273. The van der Waals surface area contributed by atoms with Crippen LogP contribution in [-0.4, -0.2) is 45.1 Å². The van der Waals surface area contributed by atoms with Crippen LogP contribution in [0.2, 0.25) is 0 Å². The molecule has 0 amide bonds. The third-order valence-corrected chi connectivity index (χ3v) is 6.54. The molecule has 0 radical (unpaired) electrons. The second-order valence-electron chi connectivity index (χ2n) is 7.89. The van der Waals surface area contributed by atoms with E-state index >= 15 is 0 Å². The van der Waals surface area contributed by atoms with Crippen molar-refractivity contribution < 1.29 is 4.79 Å². The molecule has 32 heavy (non-hydrogen) atoms. The van der Waals surface area contributed by atoms with Gasteiger partial charge < -0.3 is 0 Å². The number of carbonyl (C=O) groups excluding carboxylic acids is 1. The van der Waals surface area contributed by atoms with Crippen LogP contribution in [0.4, 0.5) is 0 Å². The maximum Gasteiger partial charge on any atom is 0.165 e. The first-order valence-corrected chi connectivity index (χ1v) is 11.1. The van der Waals surface area contributed by atoms with Crippen LogP contribution in [-0.2, 0) is 0 Å². The summed E-state index contributed by atoms with van der Waals surface area (Å²) in [6.07, 6.45) is 5.49. The smallest absolute Gasteiger partial charge is 0.165 e. The van der Waals surface area contributed by atoms with Crippen LogP contribution < -0.4 is 0 Å². The molecule has 0 saturated heterocycles. The van der Waals surface area contributed by atoms with Crippen molar-refractivity contribution in [3.05, 3.63) is 64.8 Å². The average molecular weight is 447 g/mol. The topological polar surface area (TPSA) is 107 Å². The standard InChI is InChI=1S/C22H22N8OS/c1-12(21-24-11-25-28-21)7-19(31)16-8-17(30-14(3)26-27-15(30)4)22-23-9-18(29(22)10-16)20-6-5-13(2)32-20/h5-6,8-12H,7H2,1-4H3,(H,24,25,28)/t12-/m1/s1. The first-order chi connectivity index (χ1) is 15.4. The van der Waals surface area contributed by atoms with Crippen molar-refractivity contribution >= 4 is 22.8 Å². The number of aromatic nitrogens is 8. The minimum Gasteiger partial charge on any atom is -0.296 e. The van der Waals surface area contributed by atoms with Crippen LogP contribution in [0.25, 0.3) is 21.9 Å². The lowest BCUT2D eigenvalue weighted by Crippen LogP contribution is -2.10. The zero-order valence-corrected chi connectivity index (χ0v) is 19.0. The van der Waals surface area contributed by atoms with E-state index in [1.807, 2.05) is 48.2 Å². The first-order valence-electron chi connectivity index (χ1n) is 10.3. The maximum absolute atomic E-state index is 13.3. The lowest BCUT2D eigenvalue weighted by atomic mass is 10.00.